The number of hydrogen-bond acceptors (Lipinski definition) is 3. The van der Waals surface area contributed by atoms with E-state index in [-0.39, 0.29) is 18.4 Å². The average molecular weight is 354 g/mol. The van der Waals surface area contributed by atoms with Gasteiger partial charge in [0.15, 0.2) is 0 Å². The molecule has 0 spiro atoms. The van der Waals surface area contributed by atoms with Gasteiger partial charge in [0.05, 0.1) is 0 Å². The number of carbonyl (C=O) groups is 2. The fraction of sp³-hybridized carbons (Fsp3) is 0.263. The first-order valence-corrected chi connectivity index (χ1v) is 9.06. The van der Waals surface area contributed by atoms with Crippen LogP contribution in [0.25, 0.3) is 10.9 Å². The van der Waals surface area contributed by atoms with E-state index in [2.05, 4.69) is 23.7 Å². The minimum absolute atomic E-state index is 0.0460. The minimum Gasteiger partial charge on any atom is -0.480 e. The van der Waals surface area contributed by atoms with Gasteiger partial charge in [-0.15, -0.1) is 11.3 Å². The molecule has 6 heteroatoms. The molecule has 25 heavy (non-hydrogen) atoms. The highest BCUT2D eigenvalue weighted by Gasteiger charge is 2.45. The van der Waals surface area contributed by atoms with Gasteiger partial charge in [-0.25, -0.2) is 0 Å². The zero-order chi connectivity index (χ0) is 17.6. The summed E-state index contributed by atoms with van der Waals surface area (Å²) in [6, 6.07) is 9.53. The predicted octanol–water partition coefficient (Wildman–Crippen LogP) is 3.84. The first-order chi connectivity index (χ1) is 12.0. The van der Waals surface area contributed by atoms with E-state index in [4.69, 9.17) is 5.11 Å². The minimum atomic E-state index is -0.876. The predicted molar refractivity (Wildman–Crippen MR) is 98.1 cm³/mol. The summed E-state index contributed by atoms with van der Waals surface area (Å²) in [6.07, 6.45) is 2.66. The van der Waals surface area contributed by atoms with Crippen molar-refractivity contribution in [3.05, 3.63) is 52.3 Å². The zero-order valence-corrected chi connectivity index (χ0v) is 14.5. The van der Waals surface area contributed by atoms with Crippen molar-refractivity contribution in [3.63, 3.8) is 0 Å². The van der Waals surface area contributed by atoms with E-state index in [0.717, 1.165) is 23.0 Å². The Bertz CT molecular complexity index is 972. The number of aliphatic carboxylic acids is 1. The van der Waals surface area contributed by atoms with Gasteiger partial charge in [0.25, 0.3) is 0 Å². The van der Waals surface area contributed by atoms with E-state index in [0.29, 0.717) is 5.92 Å². The standard InChI is InChI=1S/C19H18N2O3S/c1-11-5-7-25-18(11)14-9-15(14)19(24)20-13-2-3-16-12(8-13)4-6-21(16)10-17(22)23/h2-8,14-15H,9-10H2,1H3,(H,20,24)(H,22,23). The first kappa shape index (κ1) is 15.9. The van der Waals surface area contributed by atoms with Crippen LogP contribution < -0.4 is 5.32 Å². The van der Waals surface area contributed by atoms with Crippen molar-refractivity contribution < 1.29 is 14.7 Å². The molecule has 1 amide bonds. The number of amides is 1. The van der Waals surface area contributed by atoms with Gasteiger partial charge in [0.1, 0.15) is 6.54 Å². The largest absolute Gasteiger partial charge is 0.480 e. The second-order valence-electron chi connectivity index (χ2n) is 6.52. The molecule has 2 aromatic heterocycles. The van der Waals surface area contributed by atoms with Crippen molar-refractivity contribution in [1.82, 2.24) is 4.57 Å². The number of anilines is 1. The molecule has 0 saturated heterocycles. The van der Waals surface area contributed by atoms with Crippen LogP contribution in [0.2, 0.25) is 0 Å². The molecule has 1 fully saturated rings. The number of nitrogens with one attached hydrogen (secondary N) is 1. The number of benzene rings is 1. The smallest absolute Gasteiger partial charge is 0.323 e. The van der Waals surface area contributed by atoms with Crippen LogP contribution >= 0.6 is 11.3 Å². The van der Waals surface area contributed by atoms with Gasteiger partial charge in [-0.3, -0.25) is 9.59 Å². The fourth-order valence-electron chi connectivity index (χ4n) is 3.34. The molecule has 0 aliphatic heterocycles. The SMILES string of the molecule is Cc1ccsc1C1CC1C(=O)Nc1ccc2c(ccn2CC(=O)O)c1. The van der Waals surface area contributed by atoms with Crippen molar-refractivity contribution in [2.75, 3.05) is 5.32 Å². The third kappa shape index (κ3) is 3.05. The molecule has 1 aliphatic carbocycles. The lowest BCUT2D eigenvalue weighted by molar-refractivity contribution is -0.137. The van der Waals surface area contributed by atoms with Gasteiger partial charge in [-0.1, -0.05) is 0 Å². The highest BCUT2D eigenvalue weighted by atomic mass is 32.1. The van der Waals surface area contributed by atoms with Gasteiger partial charge in [-0.2, -0.15) is 0 Å². The Labute approximate surface area is 148 Å². The van der Waals surface area contributed by atoms with Gasteiger partial charge < -0.3 is 15.0 Å². The molecule has 1 aliphatic rings. The van der Waals surface area contributed by atoms with E-state index in [1.165, 1.54) is 10.4 Å². The van der Waals surface area contributed by atoms with Crippen LogP contribution in [0.3, 0.4) is 0 Å². The van der Waals surface area contributed by atoms with Gasteiger partial charge in [0.2, 0.25) is 5.91 Å². The van der Waals surface area contributed by atoms with Crippen molar-refractivity contribution in [3.8, 4) is 0 Å². The summed E-state index contributed by atoms with van der Waals surface area (Å²) >= 11 is 1.73. The van der Waals surface area contributed by atoms with Crippen LogP contribution in [0, 0.1) is 12.8 Å². The van der Waals surface area contributed by atoms with Crippen LogP contribution in [0.5, 0.6) is 0 Å². The van der Waals surface area contributed by atoms with Crippen molar-refractivity contribution in [2.45, 2.75) is 25.8 Å². The Morgan fingerprint density at radius 2 is 2.16 bits per heavy atom. The normalized spacial score (nSPS) is 19.1. The molecule has 2 heterocycles. The van der Waals surface area contributed by atoms with Crippen LogP contribution in [0.15, 0.2) is 41.9 Å². The maximum absolute atomic E-state index is 12.5. The molecule has 4 rings (SSSR count). The number of thiophene rings is 1. The number of nitrogens with zero attached hydrogens (tertiary/aromatic N) is 1. The average Bonchev–Trinajstić information content (AvgIpc) is 3.10. The summed E-state index contributed by atoms with van der Waals surface area (Å²) in [6.45, 7) is 2.02. The molecule has 3 aromatic rings. The molecule has 128 valence electrons. The van der Waals surface area contributed by atoms with Crippen LogP contribution in [0.1, 0.15) is 22.8 Å². The summed E-state index contributed by atoms with van der Waals surface area (Å²) in [4.78, 5) is 24.7. The van der Waals surface area contributed by atoms with E-state index in [1.54, 1.807) is 22.1 Å². The van der Waals surface area contributed by atoms with Crippen molar-refractivity contribution in [2.24, 2.45) is 5.92 Å². The third-order valence-electron chi connectivity index (χ3n) is 4.71. The molecule has 1 saturated carbocycles. The lowest BCUT2D eigenvalue weighted by atomic mass is 10.2. The number of aromatic nitrogens is 1. The van der Waals surface area contributed by atoms with Crippen LogP contribution in [-0.4, -0.2) is 21.6 Å². The molecular weight excluding hydrogens is 336 g/mol. The van der Waals surface area contributed by atoms with Gasteiger partial charge >= 0.3 is 5.97 Å². The molecule has 0 radical (unpaired) electrons. The fourth-order valence-corrected chi connectivity index (χ4v) is 4.44. The summed E-state index contributed by atoms with van der Waals surface area (Å²) in [7, 11) is 0. The Morgan fingerprint density at radius 3 is 2.88 bits per heavy atom. The molecular formula is C19H18N2O3S. The maximum Gasteiger partial charge on any atom is 0.323 e. The van der Waals surface area contributed by atoms with Crippen molar-refractivity contribution in [1.29, 1.82) is 0 Å². The monoisotopic (exact) mass is 354 g/mol. The molecule has 2 unspecified atom stereocenters. The van der Waals surface area contributed by atoms with E-state index in [1.807, 2.05) is 24.3 Å². The zero-order valence-electron chi connectivity index (χ0n) is 13.7. The van der Waals surface area contributed by atoms with E-state index in [9.17, 15) is 9.59 Å². The molecule has 2 N–H and O–H groups in total. The number of carbonyl (C=O) groups excluding carboxylic acids is 1. The first-order valence-electron chi connectivity index (χ1n) is 8.18. The van der Waals surface area contributed by atoms with Crippen LogP contribution in [0.4, 0.5) is 5.69 Å². The van der Waals surface area contributed by atoms with E-state index < -0.39 is 5.97 Å². The Hall–Kier alpha value is -2.60. The third-order valence-corrected chi connectivity index (χ3v) is 5.86. The number of carboxylic acid groups (broad SMARTS) is 1. The molecule has 2 atom stereocenters. The lowest BCUT2D eigenvalue weighted by Gasteiger charge is -2.06. The molecule has 1 aromatic carbocycles. The summed E-state index contributed by atoms with van der Waals surface area (Å²) in [5, 5.41) is 14.9. The maximum atomic E-state index is 12.5. The molecule has 0 bridgehead atoms. The lowest BCUT2D eigenvalue weighted by Crippen LogP contribution is -2.14. The highest BCUT2D eigenvalue weighted by molar-refractivity contribution is 7.10. The number of fused-ring (bicyclic) bond motifs is 1. The topological polar surface area (TPSA) is 71.3 Å². The quantitative estimate of drug-likeness (QED) is 0.731. The second-order valence-corrected chi connectivity index (χ2v) is 7.46. The Kier molecular flexibility index (Phi) is 3.84. The second kappa shape index (κ2) is 6.04. The molecule has 5 nitrogen and oxygen atoms in total. The summed E-state index contributed by atoms with van der Waals surface area (Å²) in [5.41, 5.74) is 2.87. The number of carboxylic acids is 1. The van der Waals surface area contributed by atoms with Gasteiger partial charge in [-0.05, 0) is 54.6 Å². The highest BCUT2D eigenvalue weighted by Crippen LogP contribution is 2.50. The summed E-state index contributed by atoms with van der Waals surface area (Å²) < 4.78 is 1.68. The Balaban J connectivity index is 1.47. The number of rotatable bonds is 5. The van der Waals surface area contributed by atoms with Gasteiger partial charge in [0, 0.05) is 39.5 Å². The Morgan fingerprint density at radius 1 is 1.32 bits per heavy atom. The van der Waals surface area contributed by atoms with Crippen molar-refractivity contribution >= 4 is 39.8 Å². The number of hydrogen-bond donors (Lipinski definition) is 2. The summed E-state index contributed by atoms with van der Waals surface area (Å²) in [5.74, 6) is -0.425. The van der Waals surface area contributed by atoms with E-state index >= 15 is 0 Å². The van der Waals surface area contributed by atoms with Crippen LogP contribution in [-0.2, 0) is 16.1 Å². The number of aryl methyl sites for hydroxylation is 1.